The number of esters is 1. The largest absolute Gasteiger partial charge is 0.435 e. The van der Waals surface area contributed by atoms with E-state index >= 15 is 0 Å². The van der Waals surface area contributed by atoms with E-state index < -0.39 is 0 Å². The van der Waals surface area contributed by atoms with E-state index in [0.29, 0.717) is 6.61 Å². The first-order valence-corrected chi connectivity index (χ1v) is 3.18. The molecule has 0 amide bonds. The Kier molecular flexibility index (Phi) is 5.77. The maximum absolute atomic E-state index is 10.5. The third-order valence-electron chi connectivity index (χ3n) is 0.791. The summed E-state index contributed by atoms with van der Waals surface area (Å²) in [5, 5.41) is 0. The molecule has 0 N–H and O–H groups in total. The third-order valence-corrected chi connectivity index (χ3v) is 0.791. The molecule has 0 heterocycles. The highest BCUT2D eigenvalue weighted by atomic mass is 16.7. The third kappa shape index (κ3) is 5.31. The number of allylic oxidation sites excluding steroid dienone is 1. The van der Waals surface area contributed by atoms with Gasteiger partial charge in [-0.15, -0.1) is 0 Å². The van der Waals surface area contributed by atoms with E-state index in [-0.39, 0.29) is 12.8 Å². The van der Waals surface area contributed by atoms with E-state index in [1.807, 2.05) is 6.92 Å². The van der Waals surface area contributed by atoms with Gasteiger partial charge in [0.25, 0.3) is 0 Å². The Morgan fingerprint density at radius 1 is 1.60 bits per heavy atom. The van der Waals surface area contributed by atoms with Gasteiger partial charge in [0, 0.05) is 12.7 Å². The normalized spacial score (nSPS) is 10.2. The number of rotatable bonds is 4. The molecule has 0 aromatic carbocycles. The van der Waals surface area contributed by atoms with Crippen LogP contribution in [0, 0.1) is 0 Å². The molecule has 0 radical (unpaired) electrons. The second-order valence-electron chi connectivity index (χ2n) is 1.57. The standard InChI is InChI=1S/C7H12O3/c1-3-5-7(8)10-6-9-4-2/h3,5H,4,6H2,1-2H3/b5-3+. The molecule has 0 aromatic rings. The summed E-state index contributed by atoms with van der Waals surface area (Å²) in [6, 6.07) is 0. The van der Waals surface area contributed by atoms with Crippen molar-refractivity contribution in [2.45, 2.75) is 13.8 Å². The van der Waals surface area contributed by atoms with Gasteiger partial charge in [-0.25, -0.2) is 4.79 Å². The Balaban J connectivity index is 3.22. The Labute approximate surface area is 60.6 Å². The van der Waals surface area contributed by atoms with Gasteiger partial charge in [0.2, 0.25) is 0 Å². The fourth-order valence-electron chi connectivity index (χ4n) is 0.367. The fourth-order valence-corrected chi connectivity index (χ4v) is 0.367. The van der Waals surface area contributed by atoms with Crippen molar-refractivity contribution in [1.29, 1.82) is 0 Å². The molecular weight excluding hydrogens is 132 g/mol. The SMILES string of the molecule is C/C=C/C(=O)OCOCC. The molecule has 0 aliphatic rings. The highest BCUT2D eigenvalue weighted by molar-refractivity contribution is 5.81. The highest BCUT2D eigenvalue weighted by Crippen LogP contribution is 1.82. The Hall–Kier alpha value is -0.830. The molecule has 0 aliphatic heterocycles. The van der Waals surface area contributed by atoms with E-state index in [2.05, 4.69) is 4.74 Å². The first kappa shape index (κ1) is 9.17. The van der Waals surface area contributed by atoms with E-state index in [0.717, 1.165) is 0 Å². The second kappa shape index (κ2) is 6.29. The smallest absolute Gasteiger partial charge is 0.332 e. The van der Waals surface area contributed by atoms with Crippen LogP contribution in [-0.4, -0.2) is 19.4 Å². The van der Waals surface area contributed by atoms with Crippen molar-refractivity contribution in [3.05, 3.63) is 12.2 Å². The zero-order chi connectivity index (χ0) is 7.82. The molecule has 0 rings (SSSR count). The summed E-state index contributed by atoms with van der Waals surface area (Å²) >= 11 is 0. The van der Waals surface area contributed by atoms with Gasteiger partial charge in [0.05, 0.1) is 0 Å². The second-order valence-corrected chi connectivity index (χ2v) is 1.57. The van der Waals surface area contributed by atoms with Gasteiger partial charge in [-0.3, -0.25) is 0 Å². The molecule has 58 valence electrons. The molecule has 10 heavy (non-hydrogen) atoms. The molecule has 0 saturated carbocycles. The van der Waals surface area contributed by atoms with E-state index in [4.69, 9.17) is 4.74 Å². The number of hydrogen-bond acceptors (Lipinski definition) is 3. The van der Waals surface area contributed by atoms with Crippen LogP contribution in [0.2, 0.25) is 0 Å². The number of hydrogen-bond donors (Lipinski definition) is 0. The summed E-state index contributed by atoms with van der Waals surface area (Å²) in [7, 11) is 0. The molecule has 0 fully saturated rings. The first-order valence-electron chi connectivity index (χ1n) is 3.18. The van der Waals surface area contributed by atoms with Crippen LogP contribution in [0.25, 0.3) is 0 Å². The molecule has 3 heteroatoms. The van der Waals surface area contributed by atoms with Crippen LogP contribution >= 0.6 is 0 Å². The summed E-state index contributed by atoms with van der Waals surface area (Å²) in [5.74, 6) is -0.365. The number of carbonyl (C=O) groups excluding carboxylic acids is 1. The summed E-state index contributed by atoms with van der Waals surface area (Å²) in [5.41, 5.74) is 0. The maximum atomic E-state index is 10.5. The van der Waals surface area contributed by atoms with Crippen LogP contribution in [-0.2, 0) is 14.3 Å². The van der Waals surface area contributed by atoms with Crippen molar-refractivity contribution in [2.75, 3.05) is 13.4 Å². The summed E-state index contributed by atoms with van der Waals surface area (Å²) in [4.78, 5) is 10.5. The molecule has 0 saturated heterocycles. The predicted molar refractivity (Wildman–Crippen MR) is 37.4 cm³/mol. The van der Waals surface area contributed by atoms with Crippen LogP contribution < -0.4 is 0 Å². The summed E-state index contributed by atoms with van der Waals surface area (Å²) in [6.07, 6.45) is 2.97. The fraction of sp³-hybridized carbons (Fsp3) is 0.571. The molecule has 3 nitrogen and oxygen atoms in total. The molecule has 0 atom stereocenters. The van der Waals surface area contributed by atoms with Gasteiger partial charge in [-0.2, -0.15) is 0 Å². The van der Waals surface area contributed by atoms with Gasteiger partial charge < -0.3 is 9.47 Å². The van der Waals surface area contributed by atoms with Gasteiger partial charge in [-0.1, -0.05) is 6.08 Å². The topological polar surface area (TPSA) is 35.5 Å². The van der Waals surface area contributed by atoms with Crippen LogP contribution in [0.15, 0.2) is 12.2 Å². The van der Waals surface area contributed by atoms with Gasteiger partial charge in [0.1, 0.15) is 0 Å². The van der Waals surface area contributed by atoms with Crippen LogP contribution in [0.3, 0.4) is 0 Å². The first-order chi connectivity index (χ1) is 4.81. The predicted octanol–water partition coefficient (Wildman–Crippen LogP) is 1.10. The lowest BCUT2D eigenvalue weighted by Crippen LogP contribution is -2.04. The average Bonchev–Trinajstić information content (AvgIpc) is 1.89. The highest BCUT2D eigenvalue weighted by Gasteiger charge is 1.92. The van der Waals surface area contributed by atoms with Crippen molar-refractivity contribution in [3.63, 3.8) is 0 Å². The minimum Gasteiger partial charge on any atom is -0.435 e. The van der Waals surface area contributed by atoms with Crippen LogP contribution in [0.1, 0.15) is 13.8 Å². The van der Waals surface area contributed by atoms with Crippen molar-refractivity contribution >= 4 is 5.97 Å². The minimum absolute atomic E-state index is 0.0413. The van der Waals surface area contributed by atoms with Crippen molar-refractivity contribution in [3.8, 4) is 0 Å². The Morgan fingerprint density at radius 2 is 2.30 bits per heavy atom. The Morgan fingerprint density at radius 3 is 2.80 bits per heavy atom. The number of ether oxygens (including phenoxy) is 2. The van der Waals surface area contributed by atoms with E-state index in [1.54, 1.807) is 13.0 Å². The lowest BCUT2D eigenvalue weighted by atomic mass is 10.5. The zero-order valence-electron chi connectivity index (χ0n) is 6.29. The van der Waals surface area contributed by atoms with Crippen LogP contribution in [0.5, 0.6) is 0 Å². The maximum Gasteiger partial charge on any atom is 0.332 e. The summed E-state index contributed by atoms with van der Waals surface area (Å²) < 4.78 is 9.35. The van der Waals surface area contributed by atoms with Gasteiger partial charge in [-0.05, 0) is 13.8 Å². The van der Waals surface area contributed by atoms with Crippen molar-refractivity contribution in [2.24, 2.45) is 0 Å². The monoisotopic (exact) mass is 144 g/mol. The molecule has 0 spiro atoms. The molecule has 0 unspecified atom stereocenters. The van der Waals surface area contributed by atoms with Crippen molar-refractivity contribution in [1.82, 2.24) is 0 Å². The quantitative estimate of drug-likeness (QED) is 0.256. The lowest BCUT2D eigenvalue weighted by molar-refractivity contribution is -0.149. The average molecular weight is 144 g/mol. The Bertz CT molecular complexity index is 118. The molecular formula is C7H12O3. The molecule has 0 bridgehead atoms. The molecule has 0 aliphatic carbocycles. The van der Waals surface area contributed by atoms with E-state index in [9.17, 15) is 4.79 Å². The van der Waals surface area contributed by atoms with Crippen LogP contribution in [0.4, 0.5) is 0 Å². The van der Waals surface area contributed by atoms with Gasteiger partial charge in [0.15, 0.2) is 6.79 Å². The van der Waals surface area contributed by atoms with Gasteiger partial charge >= 0.3 is 5.97 Å². The summed E-state index contributed by atoms with van der Waals surface area (Å²) in [6.45, 7) is 4.19. The lowest BCUT2D eigenvalue weighted by Gasteiger charge is -1.99. The van der Waals surface area contributed by atoms with E-state index in [1.165, 1.54) is 6.08 Å². The number of carbonyl (C=O) groups is 1. The zero-order valence-corrected chi connectivity index (χ0v) is 6.29. The molecule has 0 aromatic heterocycles. The minimum atomic E-state index is -0.365. The van der Waals surface area contributed by atoms with Crippen molar-refractivity contribution < 1.29 is 14.3 Å².